The lowest BCUT2D eigenvalue weighted by atomic mass is 9.86. The Bertz CT molecular complexity index is 1480. The van der Waals surface area contributed by atoms with Gasteiger partial charge in [0, 0.05) is 31.3 Å². The maximum Gasteiger partial charge on any atom is 0.490 e. The summed E-state index contributed by atoms with van der Waals surface area (Å²) in [5.74, 6) is -8.42. The van der Waals surface area contributed by atoms with Crippen molar-refractivity contribution >= 4 is 47.0 Å². The Labute approximate surface area is 278 Å². The van der Waals surface area contributed by atoms with Crippen LogP contribution in [-0.4, -0.2) is 77.6 Å². The van der Waals surface area contributed by atoms with Crippen molar-refractivity contribution in [2.75, 3.05) is 25.5 Å². The number of aliphatic hydroxyl groups excluding tert-OH is 1. The molecule has 1 aliphatic carbocycles. The van der Waals surface area contributed by atoms with Crippen molar-refractivity contribution in [1.82, 2.24) is 10.6 Å². The van der Waals surface area contributed by atoms with Crippen molar-refractivity contribution in [3.63, 3.8) is 0 Å². The van der Waals surface area contributed by atoms with Crippen LogP contribution < -0.4 is 27.4 Å². The average Bonchev–Trinajstić information content (AvgIpc) is 3.27. The maximum absolute atomic E-state index is 13.7. The molecule has 0 saturated carbocycles. The van der Waals surface area contributed by atoms with Gasteiger partial charge in [-0.1, -0.05) is 29.8 Å². The van der Waals surface area contributed by atoms with E-state index in [-0.39, 0.29) is 41.7 Å². The second-order valence-corrected chi connectivity index (χ2v) is 10.4. The maximum atomic E-state index is 13.7. The van der Waals surface area contributed by atoms with E-state index in [1.165, 1.54) is 12.1 Å². The average molecular weight is 733 g/mol. The number of carboxylic acid groups (broad SMARTS) is 2. The van der Waals surface area contributed by atoms with Crippen LogP contribution in [0.3, 0.4) is 0 Å². The van der Waals surface area contributed by atoms with Gasteiger partial charge in [0.05, 0.1) is 11.1 Å². The van der Waals surface area contributed by atoms with Gasteiger partial charge in [-0.15, -0.1) is 0 Å². The Balaban J connectivity index is 0.000000717. The Hall–Kier alpha value is -4.69. The summed E-state index contributed by atoms with van der Waals surface area (Å²) in [6.07, 6.45) is -8.96. The predicted molar refractivity (Wildman–Crippen MR) is 161 cm³/mol. The lowest BCUT2D eigenvalue weighted by Crippen LogP contribution is -2.40. The molecule has 0 heterocycles. The second-order valence-electron chi connectivity index (χ2n) is 10.0. The molecule has 0 bridgehead atoms. The molecule has 0 radical (unpaired) electrons. The molecular weight excluding hydrogens is 701 g/mol. The first-order valence-electron chi connectivity index (χ1n) is 13.7. The smallest absolute Gasteiger partial charge is 0.475 e. The van der Waals surface area contributed by atoms with Crippen molar-refractivity contribution in [2.45, 2.75) is 43.7 Å². The van der Waals surface area contributed by atoms with E-state index in [4.69, 9.17) is 42.9 Å². The number of rotatable bonds is 9. The zero-order chi connectivity index (χ0) is 37.7. The van der Waals surface area contributed by atoms with E-state index in [1.807, 2.05) is 19.2 Å². The largest absolute Gasteiger partial charge is 0.490 e. The number of nitrogens with one attached hydrogen (secondary N) is 3. The molecule has 49 heavy (non-hydrogen) atoms. The fraction of sp³-hybridized carbons (Fsp3) is 0.393. The van der Waals surface area contributed by atoms with Crippen molar-refractivity contribution < 1.29 is 65.2 Å². The SMILES string of the molecule is CNCc1ccc2c(c1)[C@@H](CCCO)[C@H](CN=C(N)N)[C@H]2NC(=O)C(=O)Nc1ccc(Cl)c(F)c1.O=C(O)C(F)(F)F.O=C(O)C(F)(F)F. The lowest BCUT2D eigenvalue weighted by Gasteiger charge is -2.25. The van der Waals surface area contributed by atoms with Crippen LogP contribution in [0.4, 0.5) is 36.4 Å². The van der Waals surface area contributed by atoms with Crippen molar-refractivity contribution in [3.8, 4) is 0 Å². The standard InChI is InChI=1S/C24H30ClFN6O3.2C2HF3O2/c1-29-11-13-4-6-16-17(9-13)15(3-2-8-33)18(12-30-24(27)28)21(16)32-23(35)22(34)31-14-5-7-19(25)20(26)10-14;2*3-2(4,5)1(6)7/h4-7,9-10,15,18,21,29,33H,2-3,8,11-12H2,1H3,(H,31,34)(H,32,35)(H4,27,28,30);2*(H,6,7)/t15-,18+,21+;;/m1../s1. The third-order valence-electron chi connectivity index (χ3n) is 6.52. The number of guanidine groups is 1. The first kappa shape index (κ1) is 42.3. The van der Waals surface area contributed by atoms with Crippen molar-refractivity contribution in [1.29, 1.82) is 0 Å². The van der Waals surface area contributed by atoms with Crippen LogP contribution in [0, 0.1) is 11.7 Å². The Morgan fingerprint density at radius 3 is 1.96 bits per heavy atom. The highest BCUT2D eigenvalue weighted by Crippen LogP contribution is 2.48. The predicted octanol–water partition coefficient (Wildman–Crippen LogP) is 3.02. The Kier molecular flexibility index (Phi) is 16.2. The fourth-order valence-electron chi connectivity index (χ4n) is 4.51. The molecule has 13 nitrogen and oxygen atoms in total. The Morgan fingerprint density at radius 1 is 0.918 bits per heavy atom. The minimum Gasteiger partial charge on any atom is -0.475 e. The summed E-state index contributed by atoms with van der Waals surface area (Å²) < 4.78 is 77.2. The molecular formula is C28H32ClF7N6O7. The number of nitrogens with two attached hydrogens (primary N) is 2. The summed E-state index contributed by atoms with van der Waals surface area (Å²) in [6.45, 7) is 0.910. The third-order valence-corrected chi connectivity index (χ3v) is 6.83. The summed E-state index contributed by atoms with van der Waals surface area (Å²) in [7, 11) is 1.85. The number of aliphatic hydroxyl groups is 1. The van der Waals surface area contributed by atoms with Gasteiger partial charge in [-0.25, -0.2) is 14.0 Å². The van der Waals surface area contributed by atoms with Crippen LogP contribution in [0.15, 0.2) is 41.4 Å². The second kappa shape index (κ2) is 18.7. The Morgan fingerprint density at radius 2 is 1.49 bits per heavy atom. The third kappa shape index (κ3) is 13.8. The van der Waals surface area contributed by atoms with E-state index >= 15 is 0 Å². The summed E-state index contributed by atoms with van der Waals surface area (Å²) >= 11 is 5.67. The quantitative estimate of drug-likeness (QED) is 0.0813. The molecule has 1 aliphatic rings. The van der Waals surface area contributed by atoms with Gasteiger partial charge in [0.2, 0.25) is 0 Å². The van der Waals surface area contributed by atoms with Crippen LogP contribution in [0.5, 0.6) is 0 Å². The molecule has 0 fully saturated rings. The molecule has 3 rings (SSSR count). The van der Waals surface area contributed by atoms with E-state index in [0.29, 0.717) is 19.4 Å². The number of carboxylic acids is 2. The van der Waals surface area contributed by atoms with E-state index in [1.54, 1.807) is 0 Å². The number of hydrogen-bond donors (Lipinski definition) is 8. The van der Waals surface area contributed by atoms with Crippen LogP contribution in [0.1, 0.15) is 41.5 Å². The highest BCUT2D eigenvalue weighted by molar-refractivity contribution is 6.39. The van der Waals surface area contributed by atoms with Gasteiger partial charge in [-0.05, 0) is 60.7 Å². The molecule has 0 aliphatic heterocycles. The number of amides is 2. The molecule has 0 spiro atoms. The molecule has 10 N–H and O–H groups in total. The number of carbonyl (C=O) groups excluding carboxylic acids is 2. The number of carbonyl (C=O) groups is 4. The van der Waals surface area contributed by atoms with Gasteiger partial charge in [-0.3, -0.25) is 14.6 Å². The summed E-state index contributed by atoms with van der Waals surface area (Å²) in [5, 5.41) is 31.9. The van der Waals surface area contributed by atoms with Gasteiger partial charge in [0.25, 0.3) is 0 Å². The highest BCUT2D eigenvalue weighted by atomic mass is 35.5. The van der Waals surface area contributed by atoms with Gasteiger partial charge in [-0.2, -0.15) is 26.3 Å². The number of aliphatic imine (C=N–C) groups is 1. The molecule has 0 saturated heterocycles. The molecule has 2 amide bonds. The molecule has 2 aromatic carbocycles. The minimum absolute atomic E-state index is 0.0220. The monoisotopic (exact) mass is 732 g/mol. The molecule has 21 heteroatoms. The van der Waals surface area contributed by atoms with Crippen LogP contribution in [0.2, 0.25) is 5.02 Å². The lowest BCUT2D eigenvalue weighted by molar-refractivity contribution is -0.193. The highest BCUT2D eigenvalue weighted by Gasteiger charge is 2.42. The number of anilines is 1. The summed E-state index contributed by atoms with van der Waals surface area (Å²) in [6, 6.07) is 9.14. The number of benzene rings is 2. The van der Waals surface area contributed by atoms with Crippen LogP contribution in [-0.2, 0) is 25.7 Å². The number of halogens is 8. The molecule has 3 atom stereocenters. The first-order valence-corrected chi connectivity index (χ1v) is 14.1. The number of fused-ring (bicyclic) bond motifs is 1. The zero-order valence-electron chi connectivity index (χ0n) is 25.3. The van der Waals surface area contributed by atoms with Crippen LogP contribution >= 0.6 is 11.6 Å². The van der Waals surface area contributed by atoms with Gasteiger partial charge in [0.15, 0.2) is 5.96 Å². The van der Waals surface area contributed by atoms with Gasteiger partial charge < -0.3 is 42.7 Å². The van der Waals surface area contributed by atoms with Crippen molar-refractivity contribution in [3.05, 3.63) is 63.9 Å². The fourth-order valence-corrected chi connectivity index (χ4v) is 4.63. The number of alkyl halides is 6. The summed E-state index contributed by atoms with van der Waals surface area (Å²) in [5.41, 5.74) is 14.2. The molecule has 272 valence electrons. The minimum atomic E-state index is -5.08. The van der Waals surface area contributed by atoms with E-state index in [2.05, 4.69) is 27.0 Å². The topological polar surface area (TPSA) is 229 Å². The summed E-state index contributed by atoms with van der Waals surface area (Å²) in [4.78, 5) is 47.4. The normalized spacial score (nSPS) is 16.5. The molecule has 0 unspecified atom stereocenters. The van der Waals surface area contributed by atoms with E-state index < -0.39 is 48.0 Å². The van der Waals surface area contributed by atoms with Crippen LogP contribution in [0.25, 0.3) is 0 Å². The molecule has 0 aromatic heterocycles. The number of nitrogens with zero attached hydrogens (tertiary/aromatic N) is 1. The molecule has 2 aromatic rings. The van der Waals surface area contributed by atoms with E-state index in [9.17, 15) is 45.4 Å². The van der Waals surface area contributed by atoms with Gasteiger partial charge >= 0.3 is 36.1 Å². The number of hydrogen-bond acceptors (Lipinski definition) is 7. The van der Waals surface area contributed by atoms with Gasteiger partial charge in [0.1, 0.15) is 5.82 Å². The van der Waals surface area contributed by atoms with Crippen molar-refractivity contribution in [2.24, 2.45) is 22.4 Å². The van der Waals surface area contributed by atoms with E-state index in [0.717, 1.165) is 22.8 Å². The zero-order valence-corrected chi connectivity index (χ0v) is 26.1. The first-order chi connectivity index (χ1) is 22.6. The number of aliphatic carboxylic acids is 2.